The minimum absolute atomic E-state index is 0. The van der Waals surface area contributed by atoms with Crippen LogP contribution in [-0.2, 0) is 45.1 Å². The number of benzene rings is 7. The molecule has 63 heavy (non-hydrogen) atoms. The van der Waals surface area contributed by atoms with Crippen molar-refractivity contribution in [3.63, 3.8) is 0 Å². The van der Waals surface area contributed by atoms with Gasteiger partial charge in [0.2, 0.25) is 0 Å². The first-order chi connectivity index (χ1) is 30.3. The van der Waals surface area contributed by atoms with E-state index in [1.807, 2.05) is 6.07 Å². The zero-order valence-corrected chi connectivity index (χ0v) is 36.7. The van der Waals surface area contributed by atoms with Crippen molar-refractivity contribution >= 4 is 49.4 Å². The summed E-state index contributed by atoms with van der Waals surface area (Å²) in [5.74, 6) is -1.30. The number of para-hydroxylation sites is 4. The van der Waals surface area contributed by atoms with Gasteiger partial charge < -0.3 is 19.2 Å². The first kappa shape index (κ1) is 42.7. The van der Waals surface area contributed by atoms with Crippen LogP contribution in [0.5, 0.6) is 0 Å². The van der Waals surface area contributed by atoms with Gasteiger partial charge in [-0.2, -0.15) is 0 Å². The maximum Gasteiger partial charge on any atom is 0.159 e. The normalized spacial score (nSPS) is 11.4. The number of pyridine rings is 1. The molecule has 1 N–H and O–H groups in total. The Morgan fingerprint density at radius 1 is 0.603 bits per heavy atom. The van der Waals surface area contributed by atoms with Crippen molar-refractivity contribution in [2.75, 3.05) is 0 Å². The van der Waals surface area contributed by atoms with Crippen LogP contribution in [0.3, 0.4) is 0 Å². The van der Waals surface area contributed by atoms with Crippen LogP contribution in [0, 0.1) is 17.7 Å². The van der Waals surface area contributed by atoms with E-state index in [0.717, 1.165) is 47.5 Å². The van der Waals surface area contributed by atoms with Crippen LogP contribution < -0.4 is 0 Å². The van der Waals surface area contributed by atoms with Crippen LogP contribution in [0.25, 0.3) is 66.2 Å². The number of aliphatic hydroxyl groups is 1. The molecule has 0 saturated carbocycles. The number of allylic oxidation sites excluding steroid dienone is 2. The Labute approximate surface area is 378 Å². The van der Waals surface area contributed by atoms with E-state index < -0.39 is 11.6 Å². The van der Waals surface area contributed by atoms with Crippen LogP contribution in [0.2, 0.25) is 0 Å². The Morgan fingerprint density at radius 3 is 1.46 bits per heavy atom. The molecule has 314 valence electrons. The maximum atomic E-state index is 14.0. The molecule has 0 unspecified atom stereocenters. The summed E-state index contributed by atoms with van der Waals surface area (Å²) in [7, 11) is 0. The van der Waals surface area contributed by atoms with Crippen LogP contribution in [0.1, 0.15) is 30.0 Å². The van der Waals surface area contributed by atoms with Crippen molar-refractivity contribution in [1.29, 1.82) is 0 Å². The molecule has 0 aliphatic heterocycles. The number of fused-ring (bicyclic) bond motifs is 6. The molecule has 5 nitrogen and oxygen atoms in total. The molecule has 8 heteroatoms. The Morgan fingerprint density at radius 2 is 1.03 bits per heavy atom. The Hall–Kier alpha value is -6.95. The molecule has 0 amide bonds. The van der Waals surface area contributed by atoms with E-state index in [0.29, 0.717) is 18.5 Å². The van der Waals surface area contributed by atoms with Crippen molar-refractivity contribution in [1.82, 2.24) is 14.1 Å². The van der Waals surface area contributed by atoms with Crippen molar-refractivity contribution < 1.29 is 39.7 Å². The number of ketones is 1. The number of hydrogen-bond donors (Lipinski definition) is 1. The van der Waals surface area contributed by atoms with Gasteiger partial charge in [-0.25, -0.2) is 0 Å². The van der Waals surface area contributed by atoms with Crippen molar-refractivity contribution in [3.8, 4) is 22.6 Å². The Balaban J connectivity index is 0.000000176. The van der Waals surface area contributed by atoms with E-state index in [2.05, 4.69) is 166 Å². The van der Waals surface area contributed by atoms with Gasteiger partial charge in [-0.05, 0) is 97.1 Å². The third kappa shape index (κ3) is 9.16. The molecule has 7 aromatic carbocycles. The predicted octanol–water partition coefficient (Wildman–Crippen LogP) is 13.5. The van der Waals surface area contributed by atoms with Crippen molar-refractivity contribution in [2.24, 2.45) is 0 Å². The van der Waals surface area contributed by atoms with Gasteiger partial charge in [-0.3, -0.25) is 13.6 Å². The molecule has 10 aromatic rings. The topological polar surface area (TPSA) is 60.0 Å². The number of hydrogen-bond acceptors (Lipinski definition) is 3. The standard InChI is InChI=1S/C31H21F2N2.C24H21NO2.Pt/c32-23-14-17-27(28(33)19-23)29-18-13-22(20-34-29)10-9-21-11-15-24(16-12-21)35-30-7-3-1-5-25(30)26-6-2-4-8-31(26)35;1-17(26)16-20(27)15-12-18-10-13-19(14-11-18)25-23-8-4-2-6-21(23)22-7-3-5-9-24(22)25;/h1-8,11-16,18-20H,9-10H2;2-11,13-14,16,26H,12,15H2,1H3;/q-1;;/b;17-16-;. The van der Waals surface area contributed by atoms with Gasteiger partial charge in [0.05, 0.1) is 27.8 Å². The van der Waals surface area contributed by atoms with E-state index in [1.165, 1.54) is 62.2 Å². The fourth-order valence-electron chi connectivity index (χ4n) is 8.25. The summed E-state index contributed by atoms with van der Waals surface area (Å²) in [6.45, 7) is 1.51. The number of aryl methyl sites for hydroxylation is 3. The van der Waals surface area contributed by atoms with Gasteiger partial charge >= 0.3 is 0 Å². The van der Waals surface area contributed by atoms with Gasteiger partial charge in [-0.1, -0.05) is 121 Å². The van der Waals surface area contributed by atoms with E-state index >= 15 is 0 Å². The molecule has 3 aromatic heterocycles. The Kier molecular flexibility index (Phi) is 12.9. The summed E-state index contributed by atoms with van der Waals surface area (Å²) in [5, 5.41) is 14.2. The number of carbonyl (C=O) groups excluding carboxylic acids is 1. The second-order valence-electron chi connectivity index (χ2n) is 15.4. The Bertz CT molecular complexity index is 3130. The molecule has 0 saturated heterocycles. The zero-order valence-electron chi connectivity index (χ0n) is 34.4. The molecule has 0 bridgehead atoms. The minimum atomic E-state index is -0.659. The monoisotopic (exact) mass is 1010 g/mol. The third-order valence-corrected chi connectivity index (χ3v) is 11.2. The molecule has 0 aliphatic rings. The first-order valence-electron chi connectivity index (χ1n) is 20.7. The summed E-state index contributed by atoms with van der Waals surface area (Å²) in [5.41, 5.74) is 11.0. The number of aromatic nitrogens is 3. The van der Waals surface area contributed by atoms with E-state index in [1.54, 1.807) is 12.3 Å². The molecule has 3 heterocycles. The van der Waals surface area contributed by atoms with Crippen molar-refractivity contribution in [2.45, 2.75) is 32.6 Å². The van der Waals surface area contributed by atoms with Crippen LogP contribution in [-0.4, -0.2) is 25.0 Å². The van der Waals surface area contributed by atoms with Crippen LogP contribution in [0.15, 0.2) is 188 Å². The average molecular weight is 1010 g/mol. The summed E-state index contributed by atoms with van der Waals surface area (Å²) >= 11 is 0. The molecule has 0 atom stereocenters. The molecular weight excluding hydrogens is 968 g/mol. The fraction of sp³-hybridized carbons (Fsp3) is 0.0909. The third-order valence-electron chi connectivity index (χ3n) is 11.2. The summed E-state index contributed by atoms with van der Waals surface area (Å²) < 4.78 is 31.7. The summed E-state index contributed by atoms with van der Waals surface area (Å²) in [6.07, 6.45) is 5.77. The van der Waals surface area contributed by atoms with Gasteiger partial charge in [0.15, 0.2) is 5.78 Å². The molecule has 0 fully saturated rings. The van der Waals surface area contributed by atoms with Gasteiger partial charge in [-0.15, -0.1) is 12.1 Å². The largest absolute Gasteiger partial charge is 0.512 e. The number of aliphatic hydroxyl groups excluding tert-OH is 1. The SMILES string of the molecule is C/C(O)=C/C(=O)CCc1ccc(-n2c3ccccc3c3ccccc32)cc1.Fc1c[c-]c(-c2ccc(CCc3ccc(-n4c5ccccc5c5ccccc54)cc3)cn2)c(F)c1.[Pt]. The van der Waals surface area contributed by atoms with E-state index in [4.69, 9.17) is 0 Å². The van der Waals surface area contributed by atoms with Crippen LogP contribution >= 0.6 is 0 Å². The zero-order chi connectivity index (χ0) is 42.6. The molecule has 0 radical (unpaired) electrons. The number of rotatable bonds is 10. The average Bonchev–Trinajstić information content (AvgIpc) is 3.81. The second kappa shape index (κ2) is 19.0. The smallest absolute Gasteiger partial charge is 0.159 e. The molecule has 0 spiro atoms. The van der Waals surface area contributed by atoms with Crippen LogP contribution in [0.4, 0.5) is 8.78 Å². The van der Waals surface area contributed by atoms with Crippen molar-refractivity contribution in [3.05, 3.63) is 222 Å². The van der Waals surface area contributed by atoms with Gasteiger partial charge in [0, 0.05) is 84.3 Å². The molecule has 0 aliphatic carbocycles. The van der Waals surface area contributed by atoms with E-state index in [-0.39, 0.29) is 38.2 Å². The predicted molar refractivity (Wildman–Crippen MR) is 247 cm³/mol. The summed E-state index contributed by atoms with van der Waals surface area (Å²) in [6, 6.07) is 59.2. The number of halogens is 2. The van der Waals surface area contributed by atoms with E-state index in [9.17, 15) is 18.7 Å². The first-order valence-corrected chi connectivity index (χ1v) is 20.7. The second-order valence-corrected chi connectivity index (χ2v) is 15.4. The van der Waals surface area contributed by atoms with Gasteiger partial charge in [0.25, 0.3) is 0 Å². The molecule has 10 rings (SSSR count). The maximum absolute atomic E-state index is 14.0. The number of nitrogens with zero attached hydrogens (tertiary/aromatic N) is 3. The fourth-order valence-corrected chi connectivity index (χ4v) is 8.25. The van der Waals surface area contributed by atoms with Gasteiger partial charge in [0.1, 0.15) is 0 Å². The minimum Gasteiger partial charge on any atom is -0.512 e. The quantitative estimate of drug-likeness (QED) is 0.0844. The summed E-state index contributed by atoms with van der Waals surface area (Å²) in [4.78, 5) is 16.1. The number of carbonyl (C=O) groups is 1. The molecular formula is C55H42F2N3O2Pt-.